The van der Waals surface area contributed by atoms with Crippen LogP contribution in [-0.4, -0.2) is 20.1 Å². The maximum atomic E-state index is 11.9. The summed E-state index contributed by atoms with van der Waals surface area (Å²) in [5.74, 6) is 0.385. The second-order valence-corrected chi connectivity index (χ2v) is 8.32. The predicted molar refractivity (Wildman–Crippen MR) is 79.0 cm³/mol. The van der Waals surface area contributed by atoms with Crippen LogP contribution in [0.25, 0.3) is 0 Å². The number of rotatable bonds is 6. The Balaban J connectivity index is 2.75. The van der Waals surface area contributed by atoms with Crippen molar-refractivity contribution in [3.05, 3.63) is 21.4 Å². The largest absolute Gasteiger partial charge is 0.212 e. The third kappa shape index (κ3) is 4.53. The van der Waals surface area contributed by atoms with Crippen molar-refractivity contribution in [3.63, 3.8) is 0 Å². The van der Waals surface area contributed by atoms with Crippen molar-refractivity contribution >= 4 is 33.0 Å². The van der Waals surface area contributed by atoms with Gasteiger partial charge in [-0.3, -0.25) is 0 Å². The predicted octanol–water partition coefficient (Wildman–Crippen LogP) is 3.22. The molecule has 2 unspecified atom stereocenters. The zero-order valence-corrected chi connectivity index (χ0v) is 13.5. The van der Waals surface area contributed by atoms with E-state index in [-0.39, 0.29) is 17.7 Å². The molecule has 1 rings (SSSR count). The molecule has 1 N–H and O–H groups in total. The molecule has 0 aliphatic heterocycles. The summed E-state index contributed by atoms with van der Waals surface area (Å²) < 4.78 is 26.6. The summed E-state index contributed by atoms with van der Waals surface area (Å²) in [4.78, 5) is 2.36. The van der Waals surface area contributed by atoms with Crippen LogP contribution in [0.5, 0.6) is 0 Å². The van der Waals surface area contributed by atoms with Crippen molar-refractivity contribution < 1.29 is 8.42 Å². The highest BCUT2D eigenvalue weighted by molar-refractivity contribution is 7.89. The first kappa shape index (κ1) is 16.0. The lowest BCUT2D eigenvalue weighted by molar-refractivity contribution is 0.555. The number of hydrogen-bond donors (Lipinski definition) is 1. The summed E-state index contributed by atoms with van der Waals surface area (Å²) in [7, 11) is -3.28. The average molecular weight is 310 g/mol. The van der Waals surface area contributed by atoms with Crippen LogP contribution in [-0.2, 0) is 10.0 Å². The smallest absolute Gasteiger partial charge is 0.212 e. The number of sulfonamides is 1. The van der Waals surface area contributed by atoms with Crippen LogP contribution in [0, 0.1) is 19.8 Å². The molecule has 0 aliphatic carbocycles. The van der Waals surface area contributed by atoms with Gasteiger partial charge < -0.3 is 0 Å². The molecule has 1 heterocycles. The van der Waals surface area contributed by atoms with Crippen molar-refractivity contribution in [2.45, 2.75) is 33.7 Å². The molecule has 6 heteroatoms. The Bertz CT molecular complexity index is 496. The van der Waals surface area contributed by atoms with Crippen molar-refractivity contribution in [1.82, 2.24) is 4.72 Å². The number of hydrogen-bond acceptors (Lipinski definition) is 3. The molecule has 0 aliphatic rings. The van der Waals surface area contributed by atoms with E-state index in [1.165, 1.54) is 4.88 Å². The molecular formula is C12H20ClNO2S2. The minimum absolute atomic E-state index is 0.0401. The summed E-state index contributed by atoms with van der Waals surface area (Å²) >= 11 is 7.34. The van der Waals surface area contributed by atoms with Gasteiger partial charge in [-0.1, -0.05) is 6.92 Å². The molecule has 1 aromatic heterocycles. The van der Waals surface area contributed by atoms with Crippen LogP contribution < -0.4 is 4.72 Å². The monoisotopic (exact) mass is 309 g/mol. The normalized spacial score (nSPS) is 15.6. The molecule has 104 valence electrons. The maximum Gasteiger partial charge on any atom is 0.212 e. The third-order valence-corrected chi connectivity index (χ3v) is 5.90. The molecule has 1 aromatic rings. The zero-order chi connectivity index (χ0) is 13.9. The summed E-state index contributed by atoms with van der Waals surface area (Å²) in [5.41, 5.74) is 1.06. The van der Waals surface area contributed by atoms with E-state index in [1.807, 2.05) is 33.8 Å². The van der Waals surface area contributed by atoms with Gasteiger partial charge in [0.1, 0.15) is 0 Å². The van der Waals surface area contributed by atoms with E-state index in [4.69, 9.17) is 11.6 Å². The van der Waals surface area contributed by atoms with Crippen LogP contribution >= 0.6 is 22.9 Å². The molecule has 18 heavy (non-hydrogen) atoms. The summed E-state index contributed by atoms with van der Waals surface area (Å²) in [6.45, 7) is 7.74. The number of aryl methyl sites for hydroxylation is 2. The SMILES string of the molecule is Cc1cc(C(C)NS(=O)(=O)CC(C)CCl)c(C)s1. The van der Waals surface area contributed by atoms with E-state index in [0.29, 0.717) is 5.88 Å². The Morgan fingerprint density at radius 1 is 1.39 bits per heavy atom. The lowest BCUT2D eigenvalue weighted by atomic mass is 10.1. The minimum atomic E-state index is -3.28. The quantitative estimate of drug-likeness (QED) is 0.820. The summed E-state index contributed by atoms with van der Waals surface area (Å²) in [5, 5.41) is 0. The molecule has 3 nitrogen and oxygen atoms in total. The average Bonchev–Trinajstić information content (AvgIpc) is 2.56. The molecular weight excluding hydrogens is 290 g/mol. The van der Waals surface area contributed by atoms with Gasteiger partial charge in [0.25, 0.3) is 0 Å². The first-order valence-electron chi connectivity index (χ1n) is 5.88. The second kappa shape index (κ2) is 6.37. The van der Waals surface area contributed by atoms with Crippen molar-refractivity contribution in [1.29, 1.82) is 0 Å². The summed E-state index contributed by atoms with van der Waals surface area (Å²) in [6, 6.07) is 1.85. The van der Waals surface area contributed by atoms with E-state index >= 15 is 0 Å². The van der Waals surface area contributed by atoms with Gasteiger partial charge in [0, 0.05) is 21.7 Å². The molecule has 0 saturated carbocycles. The number of thiophene rings is 1. The summed E-state index contributed by atoms with van der Waals surface area (Å²) in [6.07, 6.45) is 0. The van der Waals surface area contributed by atoms with Crippen molar-refractivity contribution in [2.75, 3.05) is 11.6 Å². The zero-order valence-electron chi connectivity index (χ0n) is 11.2. The highest BCUT2D eigenvalue weighted by Crippen LogP contribution is 2.26. The topological polar surface area (TPSA) is 46.2 Å². The third-order valence-electron chi connectivity index (χ3n) is 2.67. The molecule has 2 atom stereocenters. The van der Waals surface area contributed by atoms with Gasteiger partial charge in [-0.15, -0.1) is 22.9 Å². The number of halogens is 1. The van der Waals surface area contributed by atoms with Gasteiger partial charge in [0.2, 0.25) is 10.0 Å². The lowest BCUT2D eigenvalue weighted by Gasteiger charge is -2.16. The van der Waals surface area contributed by atoms with Crippen molar-refractivity contribution in [3.8, 4) is 0 Å². The lowest BCUT2D eigenvalue weighted by Crippen LogP contribution is -2.31. The fraction of sp³-hybridized carbons (Fsp3) is 0.667. The van der Waals surface area contributed by atoms with E-state index < -0.39 is 10.0 Å². The van der Waals surface area contributed by atoms with Crippen molar-refractivity contribution in [2.24, 2.45) is 5.92 Å². The van der Waals surface area contributed by atoms with Gasteiger partial charge >= 0.3 is 0 Å². The Hall–Kier alpha value is -0.100. The van der Waals surface area contributed by atoms with E-state index in [9.17, 15) is 8.42 Å². The maximum absolute atomic E-state index is 11.9. The Morgan fingerprint density at radius 3 is 2.44 bits per heavy atom. The molecule has 0 amide bonds. The van der Waals surface area contributed by atoms with E-state index in [2.05, 4.69) is 4.72 Å². The Kier molecular flexibility index (Phi) is 5.65. The first-order valence-corrected chi connectivity index (χ1v) is 8.88. The molecule has 0 fully saturated rings. The fourth-order valence-corrected chi connectivity index (χ4v) is 4.77. The Labute approximate surface area is 119 Å². The van der Waals surface area contributed by atoms with Crippen LogP contribution in [0.1, 0.15) is 35.2 Å². The van der Waals surface area contributed by atoms with E-state index in [1.54, 1.807) is 11.3 Å². The van der Waals surface area contributed by atoms with Crippen LogP contribution in [0.3, 0.4) is 0 Å². The Morgan fingerprint density at radius 2 is 2.00 bits per heavy atom. The molecule has 0 aromatic carbocycles. The van der Waals surface area contributed by atoms with Gasteiger partial charge in [-0.25, -0.2) is 13.1 Å². The minimum Gasteiger partial charge on any atom is -0.212 e. The molecule has 0 radical (unpaired) electrons. The van der Waals surface area contributed by atoms with Crippen LogP contribution in [0.15, 0.2) is 6.07 Å². The van der Waals surface area contributed by atoms with Gasteiger partial charge in [0.05, 0.1) is 5.75 Å². The van der Waals surface area contributed by atoms with Gasteiger partial charge in [-0.2, -0.15) is 0 Å². The number of alkyl halides is 1. The highest BCUT2D eigenvalue weighted by atomic mass is 35.5. The first-order chi connectivity index (χ1) is 8.25. The molecule has 0 spiro atoms. The highest BCUT2D eigenvalue weighted by Gasteiger charge is 2.20. The fourth-order valence-electron chi connectivity index (χ4n) is 1.88. The second-order valence-electron chi connectivity index (χ2n) is 4.75. The molecule has 0 saturated heterocycles. The van der Waals surface area contributed by atoms with Crippen LogP contribution in [0.4, 0.5) is 0 Å². The standard InChI is InChI=1S/C12H20ClNO2S2/c1-8(6-13)7-18(15,16)14-10(3)12-5-9(2)17-11(12)4/h5,8,10,14H,6-7H2,1-4H3. The van der Waals surface area contributed by atoms with Crippen LogP contribution in [0.2, 0.25) is 0 Å². The molecule has 0 bridgehead atoms. The van der Waals surface area contributed by atoms with Gasteiger partial charge in [0.15, 0.2) is 0 Å². The van der Waals surface area contributed by atoms with Gasteiger partial charge in [-0.05, 0) is 38.3 Å². The van der Waals surface area contributed by atoms with E-state index in [0.717, 1.165) is 10.4 Å². The number of nitrogens with one attached hydrogen (secondary N) is 1.